The molecule has 0 spiro atoms. The van der Waals surface area contributed by atoms with Gasteiger partial charge in [0, 0.05) is 5.56 Å². The largest absolute Gasteiger partial charge is 0.508 e. The number of hydrogen-bond donors (Lipinski definition) is 3. The number of phenolic OH excluding ortho intramolecular Hbond substituents is 2. The van der Waals surface area contributed by atoms with E-state index in [0.29, 0.717) is 11.1 Å². The van der Waals surface area contributed by atoms with Crippen molar-refractivity contribution in [3.63, 3.8) is 0 Å². The summed E-state index contributed by atoms with van der Waals surface area (Å²) >= 11 is 0. The summed E-state index contributed by atoms with van der Waals surface area (Å²) in [6, 6.07) is 11.8. The maximum absolute atomic E-state index is 11.9. The number of hydrogen-bond acceptors (Lipinski definition) is 4. The second-order valence-electron chi connectivity index (χ2n) is 6.66. The average Bonchev–Trinajstić information content (AvgIpc) is 2.48. The summed E-state index contributed by atoms with van der Waals surface area (Å²) in [4.78, 5) is 11.9. The Kier molecular flexibility index (Phi) is 5.24. The van der Waals surface area contributed by atoms with E-state index in [1.165, 1.54) is 12.3 Å². The first kappa shape index (κ1) is 17.5. The average molecular weight is 326 g/mol. The molecule has 24 heavy (non-hydrogen) atoms. The van der Waals surface area contributed by atoms with Gasteiger partial charge >= 0.3 is 0 Å². The normalized spacial score (nSPS) is 11.6. The van der Waals surface area contributed by atoms with Gasteiger partial charge in [-0.1, -0.05) is 39.0 Å². The molecule has 5 heteroatoms. The Balaban J connectivity index is 2.02. The standard InChI is InChI=1S/C19H22N2O3/c1-19(2,3)15-7-8-17(23)14(11-15)12-20-21-18(24)10-13-5-4-6-16(22)9-13/h4-9,11-12,22-23H,10H2,1-3H3,(H,21,24). The summed E-state index contributed by atoms with van der Waals surface area (Å²) in [6.07, 6.45) is 1.53. The van der Waals surface area contributed by atoms with Crippen molar-refractivity contribution < 1.29 is 15.0 Å². The van der Waals surface area contributed by atoms with Gasteiger partial charge in [0.2, 0.25) is 5.91 Å². The lowest BCUT2D eigenvalue weighted by atomic mass is 9.86. The van der Waals surface area contributed by atoms with Crippen LogP contribution in [0.5, 0.6) is 11.5 Å². The molecule has 5 nitrogen and oxygen atoms in total. The highest BCUT2D eigenvalue weighted by Crippen LogP contribution is 2.26. The third-order valence-electron chi connectivity index (χ3n) is 3.56. The lowest BCUT2D eigenvalue weighted by Crippen LogP contribution is -2.19. The van der Waals surface area contributed by atoms with Crippen LogP contribution in [0.3, 0.4) is 0 Å². The molecule has 0 bridgehead atoms. The van der Waals surface area contributed by atoms with Gasteiger partial charge in [-0.2, -0.15) is 5.10 Å². The molecule has 0 aliphatic carbocycles. The van der Waals surface area contributed by atoms with Gasteiger partial charge in [-0.25, -0.2) is 5.43 Å². The summed E-state index contributed by atoms with van der Waals surface area (Å²) in [5, 5.41) is 23.2. The Labute approximate surface area is 141 Å². The number of carbonyl (C=O) groups excluding carboxylic acids is 1. The van der Waals surface area contributed by atoms with E-state index in [1.54, 1.807) is 24.3 Å². The summed E-state index contributed by atoms with van der Waals surface area (Å²) in [5.74, 6) is -0.0787. The van der Waals surface area contributed by atoms with Crippen molar-refractivity contribution in [2.45, 2.75) is 32.6 Å². The van der Waals surface area contributed by atoms with Crippen molar-refractivity contribution in [2.75, 3.05) is 0 Å². The molecule has 2 aromatic rings. The molecule has 0 aliphatic rings. The lowest BCUT2D eigenvalue weighted by Gasteiger charge is -2.19. The fourth-order valence-electron chi connectivity index (χ4n) is 2.19. The minimum absolute atomic E-state index is 0.0468. The quantitative estimate of drug-likeness (QED) is 0.596. The van der Waals surface area contributed by atoms with E-state index in [4.69, 9.17) is 0 Å². The summed E-state index contributed by atoms with van der Waals surface area (Å²) in [5.41, 5.74) is 4.67. The van der Waals surface area contributed by atoms with Crippen LogP contribution in [0, 0.1) is 0 Å². The number of aromatic hydroxyl groups is 2. The smallest absolute Gasteiger partial charge is 0.244 e. The first-order valence-corrected chi connectivity index (χ1v) is 7.69. The van der Waals surface area contributed by atoms with Gasteiger partial charge < -0.3 is 10.2 Å². The maximum Gasteiger partial charge on any atom is 0.244 e. The number of hydrazone groups is 1. The molecule has 0 saturated carbocycles. The molecule has 2 aromatic carbocycles. The summed E-state index contributed by atoms with van der Waals surface area (Å²) < 4.78 is 0. The molecule has 0 radical (unpaired) electrons. The van der Waals surface area contributed by atoms with Crippen LogP contribution in [-0.4, -0.2) is 22.3 Å². The van der Waals surface area contributed by atoms with Crippen molar-refractivity contribution in [3.8, 4) is 11.5 Å². The van der Waals surface area contributed by atoms with E-state index in [9.17, 15) is 15.0 Å². The van der Waals surface area contributed by atoms with Crippen LogP contribution in [0.1, 0.15) is 37.5 Å². The zero-order valence-corrected chi connectivity index (χ0v) is 14.1. The Morgan fingerprint density at radius 2 is 1.92 bits per heavy atom. The molecular formula is C19H22N2O3. The van der Waals surface area contributed by atoms with Crippen molar-refractivity contribution >= 4 is 12.1 Å². The van der Waals surface area contributed by atoms with Gasteiger partial charge in [0.25, 0.3) is 0 Å². The second-order valence-corrected chi connectivity index (χ2v) is 6.66. The number of nitrogens with one attached hydrogen (secondary N) is 1. The molecule has 0 saturated heterocycles. The fourth-order valence-corrected chi connectivity index (χ4v) is 2.19. The second kappa shape index (κ2) is 7.17. The van der Waals surface area contributed by atoms with E-state index in [2.05, 4.69) is 31.3 Å². The summed E-state index contributed by atoms with van der Waals surface area (Å²) in [7, 11) is 0. The van der Waals surface area contributed by atoms with Crippen LogP contribution in [0.4, 0.5) is 0 Å². The molecule has 0 heterocycles. The van der Waals surface area contributed by atoms with Crippen molar-refractivity contribution in [1.82, 2.24) is 5.43 Å². The molecule has 3 N–H and O–H groups in total. The van der Waals surface area contributed by atoms with Crippen LogP contribution >= 0.6 is 0 Å². The maximum atomic E-state index is 11.9. The predicted molar refractivity (Wildman–Crippen MR) is 94.4 cm³/mol. The van der Waals surface area contributed by atoms with E-state index < -0.39 is 0 Å². The topological polar surface area (TPSA) is 81.9 Å². The number of benzene rings is 2. The van der Waals surface area contributed by atoms with Crippen LogP contribution in [0.2, 0.25) is 0 Å². The third kappa shape index (κ3) is 4.84. The Bertz CT molecular complexity index is 761. The Hall–Kier alpha value is -2.82. The first-order chi connectivity index (χ1) is 11.3. The van der Waals surface area contributed by atoms with E-state index >= 15 is 0 Å². The van der Waals surface area contributed by atoms with Crippen LogP contribution in [-0.2, 0) is 16.6 Å². The number of nitrogens with zero attached hydrogens (tertiary/aromatic N) is 1. The number of carbonyl (C=O) groups is 1. The molecule has 0 aliphatic heterocycles. The Morgan fingerprint density at radius 3 is 2.58 bits per heavy atom. The third-order valence-corrected chi connectivity index (χ3v) is 3.56. The van der Waals surface area contributed by atoms with Crippen LogP contribution in [0.25, 0.3) is 0 Å². The van der Waals surface area contributed by atoms with Crippen molar-refractivity contribution in [2.24, 2.45) is 5.10 Å². The van der Waals surface area contributed by atoms with Gasteiger partial charge in [0.15, 0.2) is 0 Å². The van der Waals surface area contributed by atoms with Gasteiger partial charge in [-0.3, -0.25) is 4.79 Å². The minimum Gasteiger partial charge on any atom is -0.508 e. The molecule has 1 amide bonds. The van der Waals surface area contributed by atoms with Crippen LogP contribution < -0.4 is 5.43 Å². The fraction of sp³-hybridized carbons (Fsp3) is 0.263. The highest BCUT2D eigenvalue weighted by molar-refractivity contribution is 5.86. The minimum atomic E-state index is -0.302. The highest BCUT2D eigenvalue weighted by atomic mass is 16.3. The molecule has 2 rings (SSSR count). The Morgan fingerprint density at radius 1 is 1.17 bits per heavy atom. The monoisotopic (exact) mass is 326 g/mol. The van der Waals surface area contributed by atoms with Gasteiger partial charge in [0.05, 0.1) is 12.6 Å². The predicted octanol–water partition coefficient (Wildman–Crippen LogP) is 3.09. The number of rotatable bonds is 4. The van der Waals surface area contributed by atoms with E-state index in [0.717, 1.165) is 5.56 Å². The molecule has 126 valence electrons. The van der Waals surface area contributed by atoms with Gasteiger partial charge in [0.1, 0.15) is 11.5 Å². The molecule has 0 aromatic heterocycles. The zero-order valence-electron chi connectivity index (χ0n) is 14.1. The highest BCUT2D eigenvalue weighted by Gasteiger charge is 2.14. The first-order valence-electron chi connectivity index (χ1n) is 7.69. The molecule has 0 atom stereocenters. The SMILES string of the molecule is CC(C)(C)c1ccc(O)c(C=NNC(=O)Cc2cccc(O)c2)c1. The van der Waals surface area contributed by atoms with Gasteiger partial charge in [-0.15, -0.1) is 0 Å². The molecule has 0 unspecified atom stereocenters. The van der Waals surface area contributed by atoms with E-state index in [-0.39, 0.29) is 29.2 Å². The number of amides is 1. The van der Waals surface area contributed by atoms with E-state index in [1.807, 2.05) is 12.1 Å². The van der Waals surface area contributed by atoms with Crippen molar-refractivity contribution in [1.29, 1.82) is 0 Å². The lowest BCUT2D eigenvalue weighted by molar-refractivity contribution is -0.120. The van der Waals surface area contributed by atoms with Gasteiger partial charge in [-0.05, 0) is 40.8 Å². The van der Waals surface area contributed by atoms with Crippen molar-refractivity contribution in [3.05, 3.63) is 59.2 Å². The van der Waals surface area contributed by atoms with Crippen LogP contribution in [0.15, 0.2) is 47.6 Å². The molecular weight excluding hydrogens is 304 g/mol. The zero-order chi connectivity index (χ0) is 17.7. The number of phenols is 2. The summed E-state index contributed by atoms with van der Waals surface area (Å²) in [6.45, 7) is 6.24. The molecule has 0 fully saturated rings.